The smallest absolute Gasteiger partial charge is 0.194 e. The predicted molar refractivity (Wildman–Crippen MR) is 67.8 cm³/mol. The molecule has 1 N–H and O–H groups in total. The molecule has 0 fully saturated rings. The molecule has 2 aromatic rings. The van der Waals surface area contributed by atoms with Crippen LogP contribution in [0.5, 0.6) is 0 Å². The Labute approximate surface area is 111 Å². The molecule has 2 rings (SSSR count). The third-order valence-electron chi connectivity index (χ3n) is 2.40. The fourth-order valence-corrected chi connectivity index (χ4v) is 1.94. The Morgan fingerprint density at radius 3 is 2.22 bits per heavy atom. The Morgan fingerprint density at radius 1 is 1.00 bits per heavy atom. The van der Waals surface area contributed by atoms with E-state index in [1.165, 1.54) is 0 Å². The zero-order valence-corrected chi connectivity index (χ0v) is 10.8. The average Bonchev–Trinajstić information content (AvgIpc) is 2.35. The second-order valence-electron chi connectivity index (χ2n) is 3.71. The summed E-state index contributed by atoms with van der Waals surface area (Å²) in [4.78, 5) is 0. The number of hydrogen-bond acceptors (Lipinski definition) is 1. The van der Waals surface area contributed by atoms with Gasteiger partial charge < -0.3 is 5.32 Å². The van der Waals surface area contributed by atoms with Crippen molar-refractivity contribution in [1.82, 2.24) is 0 Å². The van der Waals surface area contributed by atoms with Gasteiger partial charge in [0.15, 0.2) is 17.5 Å². The number of anilines is 1. The van der Waals surface area contributed by atoms with Gasteiger partial charge in [-0.15, -0.1) is 0 Å². The summed E-state index contributed by atoms with van der Waals surface area (Å²) < 4.78 is 39.6. The van der Waals surface area contributed by atoms with E-state index >= 15 is 0 Å². The molecule has 0 saturated heterocycles. The van der Waals surface area contributed by atoms with E-state index in [9.17, 15) is 13.2 Å². The van der Waals surface area contributed by atoms with Crippen molar-refractivity contribution >= 4 is 21.6 Å². The third kappa shape index (κ3) is 2.85. The van der Waals surface area contributed by atoms with Gasteiger partial charge in [-0.2, -0.15) is 0 Å². The molecule has 18 heavy (non-hydrogen) atoms. The van der Waals surface area contributed by atoms with Crippen LogP contribution in [0.3, 0.4) is 0 Å². The number of halogens is 4. The van der Waals surface area contributed by atoms with E-state index in [2.05, 4.69) is 21.2 Å². The molecule has 0 aromatic heterocycles. The SMILES string of the molecule is Fc1cc(CNc2ccccc2Br)cc(F)c1F. The Bertz CT molecular complexity index is 549. The zero-order chi connectivity index (χ0) is 13.1. The molecule has 0 atom stereocenters. The van der Waals surface area contributed by atoms with Crippen LogP contribution in [0.25, 0.3) is 0 Å². The lowest BCUT2D eigenvalue weighted by molar-refractivity contribution is 0.445. The van der Waals surface area contributed by atoms with E-state index in [-0.39, 0.29) is 6.54 Å². The molecule has 0 bridgehead atoms. The van der Waals surface area contributed by atoms with Gasteiger partial charge in [0, 0.05) is 16.7 Å². The van der Waals surface area contributed by atoms with Crippen molar-refractivity contribution in [3.05, 3.63) is 63.9 Å². The van der Waals surface area contributed by atoms with Gasteiger partial charge in [-0.1, -0.05) is 12.1 Å². The highest BCUT2D eigenvalue weighted by molar-refractivity contribution is 9.10. The molecule has 1 nitrogen and oxygen atoms in total. The quantitative estimate of drug-likeness (QED) is 0.823. The summed E-state index contributed by atoms with van der Waals surface area (Å²) in [5, 5.41) is 3.00. The summed E-state index contributed by atoms with van der Waals surface area (Å²) in [6.45, 7) is 0.205. The minimum Gasteiger partial charge on any atom is -0.380 e. The highest BCUT2D eigenvalue weighted by atomic mass is 79.9. The first-order chi connectivity index (χ1) is 8.58. The minimum atomic E-state index is -1.44. The van der Waals surface area contributed by atoms with Crippen molar-refractivity contribution in [3.8, 4) is 0 Å². The van der Waals surface area contributed by atoms with E-state index in [0.29, 0.717) is 5.56 Å². The van der Waals surface area contributed by atoms with Crippen molar-refractivity contribution in [2.75, 3.05) is 5.32 Å². The maximum Gasteiger partial charge on any atom is 0.194 e. The molecular weight excluding hydrogens is 307 g/mol. The largest absolute Gasteiger partial charge is 0.380 e. The van der Waals surface area contributed by atoms with Crippen molar-refractivity contribution < 1.29 is 13.2 Å². The number of nitrogens with one attached hydrogen (secondary N) is 1. The van der Waals surface area contributed by atoms with Crippen LogP contribution in [0.2, 0.25) is 0 Å². The molecule has 0 aliphatic heterocycles. The molecule has 0 radical (unpaired) electrons. The lowest BCUT2D eigenvalue weighted by Gasteiger charge is -2.09. The predicted octanol–water partition coefficient (Wildman–Crippen LogP) is 4.48. The van der Waals surface area contributed by atoms with Crippen LogP contribution in [-0.4, -0.2) is 0 Å². The molecule has 2 aromatic carbocycles. The van der Waals surface area contributed by atoms with Crippen molar-refractivity contribution in [1.29, 1.82) is 0 Å². The lowest BCUT2D eigenvalue weighted by atomic mass is 10.2. The fourth-order valence-electron chi connectivity index (χ4n) is 1.51. The first-order valence-electron chi connectivity index (χ1n) is 5.20. The maximum atomic E-state index is 13.0. The van der Waals surface area contributed by atoms with Gasteiger partial charge in [-0.3, -0.25) is 0 Å². The maximum absolute atomic E-state index is 13.0. The summed E-state index contributed by atoms with van der Waals surface area (Å²) in [6.07, 6.45) is 0. The van der Waals surface area contributed by atoms with Crippen molar-refractivity contribution in [2.24, 2.45) is 0 Å². The summed E-state index contributed by atoms with van der Waals surface area (Å²) in [5.74, 6) is -3.81. The molecule has 0 amide bonds. The minimum absolute atomic E-state index is 0.205. The van der Waals surface area contributed by atoms with Crippen LogP contribution in [0.4, 0.5) is 18.9 Å². The van der Waals surface area contributed by atoms with Gasteiger partial charge in [-0.05, 0) is 45.8 Å². The highest BCUT2D eigenvalue weighted by Gasteiger charge is 2.10. The molecule has 0 spiro atoms. The summed E-state index contributed by atoms with van der Waals surface area (Å²) in [5.41, 5.74) is 1.13. The highest BCUT2D eigenvalue weighted by Crippen LogP contribution is 2.22. The van der Waals surface area contributed by atoms with E-state index in [1.807, 2.05) is 24.3 Å². The first-order valence-corrected chi connectivity index (χ1v) is 5.99. The van der Waals surface area contributed by atoms with Crippen LogP contribution in [0.15, 0.2) is 40.9 Å². The topological polar surface area (TPSA) is 12.0 Å². The number of benzene rings is 2. The van der Waals surface area contributed by atoms with Gasteiger partial charge in [0.25, 0.3) is 0 Å². The number of hydrogen-bond donors (Lipinski definition) is 1. The monoisotopic (exact) mass is 315 g/mol. The van der Waals surface area contributed by atoms with Crippen LogP contribution < -0.4 is 5.32 Å². The van der Waals surface area contributed by atoms with Crippen molar-refractivity contribution in [2.45, 2.75) is 6.54 Å². The molecule has 0 saturated carbocycles. The van der Waals surface area contributed by atoms with Gasteiger partial charge in [0.2, 0.25) is 0 Å². The fraction of sp³-hybridized carbons (Fsp3) is 0.0769. The molecule has 5 heteroatoms. The average molecular weight is 316 g/mol. The zero-order valence-electron chi connectivity index (χ0n) is 9.18. The molecular formula is C13H9BrF3N. The van der Waals surface area contributed by atoms with Crippen LogP contribution in [-0.2, 0) is 6.54 Å². The van der Waals surface area contributed by atoms with Crippen LogP contribution in [0.1, 0.15) is 5.56 Å². The second-order valence-corrected chi connectivity index (χ2v) is 4.56. The van der Waals surface area contributed by atoms with Gasteiger partial charge in [-0.25, -0.2) is 13.2 Å². The van der Waals surface area contributed by atoms with Crippen LogP contribution >= 0.6 is 15.9 Å². The third-order valence-corrected chi connectivity index (χ3v) is 3.09. The number of rotatable bonds is 3. The summed E-state index contributed by atoms with van der Waals surface area (Å²) in [6, 6.07) is 9.30. The first kappa shape index (κ1) is 13.0. The Morgan fingerprint density at radius 2 is 1.61 bits per heavy atom. The summed E-state index contributed by atoms with van der Waals surface area (Å²) >= 11 is 3.34. The Kier molecular flexibility index (Phi) is 3.91. The van der Waals surface area contributed by atoms with Gasteiger partial charge >= 0.3 is 0 Å². The standard InChI is InChI=1S/C13H9BrF3N/c14-9-3-1-2-4-12(9)18-7-8-5-10(15)13(17)11(16)6-8/h1-6,18H,7H2. The van der Waals surface area contributed by atoms with Crippen molar-refractivity contribution in [3.63, 3.8) is 0 Å². The molecule has 94 valence electrons. The molecule has 0 aliphatic carbocycles. The van der Waals surface area contributed by atoms with E-state index in [1.54, 1.807) is 0 Å². The summed E-state index contributed by atoms with van der Waals surface area (Å²) in [7, 11) is 0. The lowest BCUT2D eigenvalue weighted by Crippen LogP contribution is -2.02. The molecule has 0 unspecified atom stereocenters. The van der Waals surface area contributed by atoms with Gasteiger partial charge in [0.1, 0.15) is 0 Å². The van der Waals surface area contributed by atoms with E-state index < -0.39 is 17.5 Å². The van der Waals surface area contributed by atoms with E-state index in [0.717, 1.165) is 22.3 Å². The molecule has 0 heterocycles. The number of para-hydroxylation sites is 1. The van der Waals surface area contributed by atoms with Gasteiger partial charge in [0.05, 0.1) is 0 Å². The second kappa shape index (κ2) is 5.44. The Hall–Kier alpha value is -1.49. The van der Waals surface area contributed by atoms with Crippen LogP contribution in [0, 0.1) is 17.5 Å². The Balaban J connectivity index is 2.14. The normalized spacial score (nSPS) is 10.4. The van der Waals surface area contributed by atoms with E-state index in [4.69, 9.17) is 0 Å². The molecule has 0 aliphatic rings.